The quantitative estimate of drug-likeness (QED) is 0.209. The third kappa shape index (κ3) is 7.94. The van der Waals surface area contributed by atoms with E-state index in [9.17, 15) is 27.6 Å². The SMILES string of the molecule is O=C(CNc1cccc(C(=O)Nc2cccc(C(F)(F)F)c2)c1)Nc1cccc(C(=O)NCc2ccccc2)c1. The average Bonchev–Trinajstić information content (AvgIpc) is 2.95. The topological polar surface area (TPSA) is 99.3 Å². The highest BCUT2D eigenvalue weighted by Gasteiger charge is 2.30. The Labute approximate surface area is 228 Å². The smallest absolute Gasteiger partial charge is 0.376 e. The lowest BCUT2D eigenvalue weighted by Gasteiger charge is -2.12. The Morgan fingerprint density at radius 1 is 0.625 bits per heavy atom. The Bertz CT molecular complexity index is 1510. The summed E-state index contributed by atoms with van der Waals surface area (Å²) in [5.41, 5.74) is 1.58. The Morgan fingerprint density at radius 3 is 1.93 bits per heavy atom. The molecular weight excluding hydrogens is 521 g/mol. The van der Waals surface area contributed by atoms with Crippen LogP contribution in [0.5, 0.6) is 0 Å². The Kier molecular flexibility index (Phi) is 8.80. The van der Waals surface area contributed by atoms with Crippen LogP contribution in [-0.2, 0) is 17.5 Å². The van der Waals surface area contributed by atoms with Crippen LogP contribution in [0.1, 0.15) is 31.8 Å². The first kappa shape index (κ1) is 27.9. The largest absolute Gasteiger partial charge is 0.416 e. The summed E-state index contributed by atoms with van der Waals surface area (Å²) in [5, 5.41) is 10.9. The molecule has 0 fully saturated rings. The second-order valence-electron chi connectivity index (χ2n) is 8.76. The normalized spacial score (nSPS) is 10.9. The molecule has 4 N–H and O–H groups in total. The minimum Gasteiger partial charge on any atom is -0.376 e. The van der Waals surface area contributed by atoms with Crippen LogP contribution >= 0.6 is 0 Å². The molecule has 10 heteroatoms. The van der Waals surface area contributed by atoms with Crippen molar-refractivity contribution in [1.82, 2.24) is 5.32 Å². The van der Waals surface area contributed by atoms with Gasteiger partial charge in [-0.25, -0.2) is 0 Å². The molecule has 204 valence electrons. The van der Waals surface area contributed by atoms with Gasteiger partial charge in [0, 0.05) is 34.7 Å². The Balaban J connectivity index is 1.30. The van der Waals surface area contributed by atoms with Crippen molar-refractivity contribution in [3.63, 3.8) is 0 Å². The number of alkyl halides is 3. The number of rotatable bonds is 9. The molecule has 0 unspecified atom stereocenters. The summed E-state index contributed by atoms with van der Waals surface area (Å²) in [7, 11) is 0. The first-order valence-electron chi connectivity index (χ1n) is 12.2. The zero-order valence-electron chi connectivity index (χ0n) is 21.1. The number of carbonyl (C=O) groups is 3. The van der Waals surface area contributed by atoms with E-state index >= 15 is 0 Å². The van der Waals surface area contributed by atoms with Crippen molar-refractivity contribution in [2.24, 2.45) is 0 Å². The molecule has 0 aliphatic heterocycles. The van der Waals surface area contributed by atoms with Crippen LogP contribution in [0.4, 0.5) is 30.2 Å². The van der Waals surface area contributed by atoms with Gasteiger partial charge in [-0.1, -0.05) is 48.5 Å². The Morgan fingerprint density at radius 2 is 1.23 bits per heavy atom. The summed E-state index contributed by atoms with van der Waals surface area (Å²) in [6.45, 7) is 0.236. The highest BCUT2D eigenvalue weighted by atomic mass is 19.4. The highest BCUT2D eigenvalue weighted by Crippen LogP contribution is 2.30. The van der Waals surface area contributed by atoms with E-state index in [2.05, 4.69) is 21.3 Å². The molecule has 7 nitrogen and oxygen atoms in total. The molecule has 0 aromatic heterocycles. The van der Waals surface area contributed by atoms with Crippen molar-refractivity contribution < 1.29 is 27.6 Å². The number of carbonyl (C=O) groups excluding carboxylic acids is 3. The van der Waals surface area contributed by atoms with Gasteiger partial charge in [-0.3, -0.25) is 14.4 Å². The van der Waals surface area contributed by atoms with Gasteiger partial charge in [-0.2, -0.15) is 13.2 Å². The molecule has 0 radical (unpaired) electrons. The van der Waals surface area contributed by atoms with Gasteiger partial charge >= 0.3 is 6.18 Å². The van der Waals surface area contributed by atoms with Crippen molar-refractivity contribution in [2.75, 3.05) is 22.5 Å². The maximum Gasteiger partial charge on any atom is 0.416 e. The van der Waals surface area contributed by atoms with Crippen molar-refractivity contribution in [3.05, 3.63) is 125 Å². The summed E-state index contributed by atoms with van der Waals surface area (Å²) in [5.74, 6) is -1.27. The molecule has 0 saturated carbocycles. The van der Waals surface area contributed by atoms with Gasteiger partial charge in [0.15, 0.2) is 0 Å². The number of amides is 3. The maximum atomic E-state index is 12.9. The fourth-order valence-electron chi connectivity index (χ4n) is 3.75. The van der Waals surface area contributed by atoms with Crippen molar-refractivity contribution in [3.8, 4) is 0 Å². The highest BCUT2D eigenvalue weighted by molar-refractivity contribution is 6.05. The van der Waals surface area contributed by atoms with E-state index in [1.165, 1.54) is 24.3 Å². The van der Waals surface area contributed by atoms with Crippen LogP contribution in [0.15, 0.2) is 103 Å². The number of hydrogen-bond acceptors (Lipinski definition) is 4. The van der Waals surface area contributed by atoms with E-state index in [1.54, 1.807) is 36.4 Å². The minimum atomic E-state index is -4.53. The van der Waals surface area contributed by atoms with E-state index < -0.39 is 17.6 Å². The second-order valence-corrected chi connectivity index (χ2v) is 8.76. The number of halogens is 3. The fraction of sp³-hybridized carbons (Fsp3) is 0.100. The third-order valence-electron chi connectivity index (χ3n) is 5.73. The molecule has 4 rings (SSSR count). The van der Waals surface area contributed by atoms with Gasteiger partial charge in [-0.05, 0) is 60.2 Å². The number of benzene rings is 4. The summed E-state index contributed by atoms with van der Waals surface area (Å²) in [6, 6.07) is 26.6. The molecule has 0 bridgehead atoms. The van der Waals surface area contributed by atoms with Gasteiger partial charge in [0.2, 0.25) is 5.91 Å². The zero-order valence-corrected chi connectivity index (χ0v) is 21.1. The van der Waals surface area contributed by atoms with E-state index in [0.29, 0.717) is 23.5 Å². The van der Waals surface area contributed by atoms with Gasteiger partial charge < -0.3 is 21.3 Å². The van der Waals surface area contributed by atoms with E-state index in [1.807, 2.05) is 30.3 Å². The van der Waals surface area contributed by atoms with Crippen molar-refractivity contribution in [1.29, 1.82) is 0 Å². The fourth-order valence-corrected chi connectivity index (χ4v) is 3.75. The lowest BCUT2D eigenvalue weighted by molar-refractivity contribution is -0.137. The molecule has 0 aliphatic rings. The average molecular weight is 547 g/mol. The Hall–Kier alpha value is -5.12. The van der Waals surface area contributed by atoms with Crippen molar-refractivity contribution >= 4 is 34.8 Å². The van der Waals surface area contributed by atoms with Gasteiger partial charge in [0.05, 0.1) is 12.1 Å². The van der Waals surface area contributed by atoms with Gasteiger partial charge in [0.1, 0.15) is 0 Å². The van der Waals surface area contributed by atoms with Gasteiger partial charge in [-0.15, -0.1) is 0 Å². The number of hydrogen-bond donors (Lipinski definition) is 4. The third-order valence-corrected chi connectivity index (χ3v) is 5.73. The van der Waals surface area contributed by atoms with Crippen LogP contribution in [0.25, 0.3) is 0 Å². The molecule has 40 heavy (non-hydrogen) atoms. The molecule has 0 atom stereocenters. The van der Waals surface area contributed by atoms with E-state index in [0.717, 1.165) is 17.7 Å². The van der Waals surface area contributed by atoms with Crippen LogP contribution in [0.3, 0.4) is 0 Å². The number of nitrogens with one attached hydrogen (secondary N) is 4. The molecule has 0 saturated heterocycles. The summed E-state index contributed by atoms with van der Waals surface area (Å²) in [6.07, 6.45) is -4.53. The minimum absolute atomic E-state index is 0.00791. The monoisotopic (exact) mass is 546 g/mol. The number of anilines is 3. The molecule has 4 aromatic rings. The van der Waals surface area contributed by atoms with Crippen LogP contribution in [0, 0.1) is 0 Å². The van der Waals surface area contributed by atoms with E-state index in [-0.39, 0.29) is 29.6 Å². The predicted molar refractivity (Wildman–Crippen MR) is 147 cm³/mol. The van der Waals surface area contributed by atoms with Gasteiger partial charge in [0.25, 0.3) is 11.8 Å². The predicted octanol–water partition coefficient (Wildman–Crippen LogP) is 5.94. The molecule has 3 amide bonds. The lowest BCUT2D eigenvalue weighted by atomic mass is 10.1. The summed E-state index contributed by atoms with van der Waals surface area (Å²) < 4.78 is 38.8. The summed E-state index contributed by atoms with van der Waals surface area (Å²) >= 11 is 0. The first-order valence-corrected chi connectivity index (χ1v) is 12.2. The second kappa shape index (κ2) is 12.6. The lowest BCUT2D eigenvalue weighted by Crippen LogP contribution is -2.24. The van der Waals surface area contributed by atoms with Crippen LogP contribution in [-0.4, -0.2) is 24.3 Å². The first-order chi connectivity index (χ1) is 19.2. The summed E-state index contributed by atoms with van der Waals surface area (Å²) in [4.78, 5) is 37.6. The molecular formula is C30H25F3N4O3. The molecule has 0 aliphatic carbocycles. The van der Waals surface area contributed by atoms with Crippen LogP contribution in [0.2, 0.25) is 0 Å². The zero-order chi connectivity index (χ0) is 28.5. The van der Waals surface area contributed by atoms with Crippen LogP contribution < -0.4 is 21.3 Å². The molecule has 0 heterocycles. The molecule has 0 spiro atoms. The van der Waals surface area contributed by atoms with Crippen molar-refractivity contribution in [2.45, 2.75) is 12.7 Å². The maximum absolute atomic E-state index is 12.9. The standard InChI is InChI=1S/C30H25F3N4O3/c31-30(32,33)23-11-6-14-26(17-23)37-29(40)22-10-4-12-24(15-22)34-19-27(38)36-25-13-5-9-21(16-25)28(39)35-18-20-7-2-1-3-8-20/h1-17,34H,18-19H2,(H,35,39)(H,36,38)(H,37,40). The molecule has 4 aromatic carbocycles. The van der Waals surface area contributed by atoms with E-state index in [4.69, 9.17) is 0 Å².